The molecule has 1 aromatic rings. The van der Waals surface area contributed by atoms with E-state index in [-0.39, 0.29) is 5.91 Å². The second-order valence-corrected chi connectivity index (χ2v) is 4.82. The van der Waals surface area contributed by atoms with Gasteiger partial charge in [0, 0.05) is 38.3 Å². The third-order valence-electron chi connectivity index (χ3n) is 2.99. The SMILES string of the molecule is CCN(CCC(=O)NCCN(C)C)c1ccccc1. The van der Waals surface area contributed by atoms with Crippen LogP contribution >= 0.6 is 0 Å². The predicted octanol–water partition coefficient (Wildman–Crippen LogP) is 1.58. The Morgan fingerprint density at radius 1 is 1.16 bits per heavy atom. The molecule has 4 nitrogen and oxygen atoms in total. The van der Waals surface area contributed by atoms with Gasteiger partial charge in [-0.25, -0.2) is 0 Å². The lowest BCUT2D eigenvalue weighted by Gasteiger charge is -2.22. The van der Waals surface area contributed by atoms with Crippen LogP contribution in [0.5, 0.6) is 0 Å². The van der Waals surface area contributed by atoms with Crippen molar-refractivity contribution in [3.63, 3.8) is 0 Å². The summed E-state index contributed by atoms with van der Waals surface area (Å²) in [6.45, 7) is 5.37. The van der Waals surface area contributed by atoms with E-state index in [2.05, 4.69) is 34.2 Å². The molecule has 0 spiro atoms. The Morgan fingerprint density at radius 3 is 2.42 bits per heavy atom. The van der Waals surface area contributed by atoms with E-state index < -0.39 is 0 Å². The van der Waals surface area contributed by atoms with Gasteiger partial charge in [-0.2, -0.15) is 0 Å². The van der Waals surface area contributed by atoms with E-state index in [1.165, 1.54) is 5.69 Å². The average molecular weight is 263 g/mol. The summed E-state index contributed by atoms with van der Waals surface area (Å²) in [4.78, 5) is 16.0. The average Bonchev–Trinajstić information content (AvgIpc) is 2.40. The van der Waals surface area contributed by atoms with E-state index in [1.807, 2.05) is 32.3 Å². The third kappa shape index (κ3) is 6.25. The van der Waals surface area contributed by atoms with Crippen molar-refractivity contribution in [1.82, 2.24) is 10.2 Å². The first-order valence-corrected chi connectivity index (χ1v) is 6.85. The molecule has 0 heterocycles. The van der Waals surface area contributed by atoms with Gasteiger partial charge < -0.3 is 15.1 Å². The van der Waals surface area contributed by atoms with Crippen LogP contribution in [0.4, 0.5) is 5.69 Å². The molecule has 106 valence electrons. The van der Waals surface area contributed by atoms with Crippen molar-refractivity contribution in [2.45, 2.75) is 13.3 Å². The molecule has 0 aliphatic carbocycles. The van der Waals surface area contributed by atoms with Crippen molar-refractivity contribution in [2.75, 3.05) is 45.2 Å². The van der Waals surface area contributed by atoms with Crippen molar-refractivity contribution in [1.29, 1.82) is 0 Å². The van der Waals surface area contributed by atoms with Gasteiger partial charge in [-0.1, -0.05) is 18.2 Å². The number of benzene rings is 1. The van der Waals surface area contributed by atoms with Crippen molar-refractivity contribution in [2.24, 2.45) is 0 Å². The fourth-order valence-electron chi connectivity index (χ4n) is 1.85. The molecule has 1 amide bonds. The van der Waals surface area contributed by atoms with Gasteiger partial charge in [-0.05, 0) is 33.2 Å². The molecule has 1 N–H and O–H groups in total. The van der Waals surface area contributed by atoms with Crippen LogP contribution in [0.3, 0.4) is 0 Å². The van der Waals surface area contributed by atoms with Gasteiger partial charge in [0.25, 0.3) is 0 Å². The molecule has 1 rings (SSSR count). The Morgan fingerprint density at radius 2 is 1.84 bits per heavy atom. The molecule has 19 heavy (non-hydrogen) atoms. The molecule has 0 saturated heterocycles. The normalized spacial score (nSPS) is 10.5. The molecule has 0 aliphatic heterocycles. The number of carbonyl (C=O) groups is 1. The summed E-state index contributed by atoms with van der Waals surface area (Å²) in [5, 5.41) is 2.94. The van der Waals surface area contributed by atoms with Crippen molar-refractivity contribution in [3.8, 4) is 0 Å². The molecular weight excluding hydrogens is 238 g/mol. The van der Waals surface area contributed by atoms with Crippen molar-refractivity contribution in [3.05, 3.63) is 30.3 Å². The molecule has 1 aromatic carbocycles. The maximum atomic E-state index is 11.7. The third-order valence-corrected chi connectivity index (χ3v) is 2.99. The largest absolute Gasteiger partial charge is 0.371 e. The zero-order valence-corrected chi connectivity index (χ0v) is 12.2. The molecule has 0 unspecified atom stereocenters. The summed E-state index contributed by atoms with van der Waals surface area (Å²) in [7, 11) is 4.00. The van der Waals surface area contributed by atoms with Crippen molar-refractivity contribution >= 4 is 11.6 Å². The molecule has 0 fully saturated rings. The van der Waals surface area contributed by atoms with Crippen LogP contribution in [-0.4, -0.2) is 51.1 Å². The van der Waals surface area contributed by atoms with Crippen LogP contribution < -0.4 is 10.2 Å². The number of nitrogens with zero attached hydrogens (tertiary/aromatic N) is 2. The predicted molar refractivity (Wildman–Crippen MR) is 80.5 cm³/mol. The van der Waals surface area contributed by atoms with Crippen LogP contribution in [0.1, 0.15) is 13.3 Å². The molecule has 0 atom stereocenters. The zero-order valence-electron chi connectivity index (χ0n) is 12.2. The van der Waals surface area contributed by atoms with E-state index in [0.717, 1.165) is 19.6 Å². The smallest absolute Gasteiger partial charge is 0.221 e. The fraction of sp³-hybridized carbons (Fsp3) is 0.533. The van der Waals surface area contributed by atoms with Crippen LogP contribution in [-0.2, 0) is 4.79 Å². The van der Waals surface area contributed by atoms with Crippen LogP contribution in [0, 0.1) is 0 Å². The lowest BCUT2D eigenvalue weighted by atomic mass is 10.2. The highest BCUT2D eigenvalue weighted by Gasteiger charge is 2.07. The minimum absolute atomic E-state index is 0.122. The first kappa shape index (κ1) is 15.5. The molecule has 0 saturated carbocycles. The second-order valence-electron chi connectivity index (χ2n) is 4.82. The number of carbonyl (C=O) groups excluding carboxylic acids is 1. The summed E-state index contributed by atoms with van der Waals surface area (Å²) in [6.07, 6.45) is 0.538. The topological polar surface area (TPSA) is 35.6 Å². The first-order valence-electron chi connectivity index (χ1n) is 6.85. The number of rotatable bonds is 8. The Kier molecular flexibility index (Phi) is 6.97. The Bertz CT molecular complexity index is 365. The highest BCUT2D eigenvalue weighted by molar-refractivity contribution is 5.76. The fourth-order valence-corrected chi connectivity index (χ4v) is 1.85. The van der Waals surface area contributed by atoms with E-state index in [9.17, 15) is 4.79 Å². The number of likely N-dealkylation sites (N-methyl/N-ethyl adjacent to an activating group) is 1. The molecule has 0 radical (unpaired) electrons. The van der Waals surface area contributed by atoms with Gasteiger partial charge in [0.1, 0.15) is 0 Å². The molecular formula is C15H25N3O. The van der Waals surface area contributed by atoms with Crippen LogP contribution in [0.2, 0.25) is 0 Å². The highest BCUT2D eigenvalue weighted by atomic mass is 16.1. The van der Waals surface area contributed by atoms with Crippen LogP contribution in [0.25, 0.3) is 0 Å². The Balaban J connectivity index is 2.31. The number of para-hydroxylation sites is 1. The van der Waals surface area contributed by atoms with E-state index >= 15 is 0 Å². The van der Waals surface area contributed by atoms with E-state index in [4.69, 9.17) is 0 Å². The van der Waals surface area contributed by atoms with Gasteiger partial charge in [-0.15, -0.1) is 0 Å². The summed E-state index contributed by atoms with van der Waals surface area (Å²) >= 11 is 0. The monoisotopic (exact) mass is 263 g/mol. The molecule has 4 heteroatoms. The number of hydrogen-bond acceptors (Lipinski definition) is 3. The maximum absolute atomic E-state index is 11.7. The Labute approximate surface area is 116 Å². The van der Waals surface area contributed by atoms with E-state index in [1.54, 1.807) is 0 Å². The lowest BCUT2D eigenvalue weighted by Crippen LogP contribution is -2.34. The minimum Gasteiger partial charge on any atom is -0.371 e. The number of nitrogens with one attached hydrogen (secondary N) is 1. The minimum atomic E-state index is 0.122. The summed E-state index contributed by atoms with van der Waals surface area (Å²) in [5.41, 5.74) is 1.17. The molecule has 0 aliphatic rings. The second kappa shape index (κ2) is 8.53. The standard InChI is InChI=1S/C15H25N3O/c1-4-18(14-8-6-5-7-9-14)12-10-15(19)16-11-13-17(2)3/h5-9H,4,10-13H2,1-3H3,(H,16,19). The van der Waals surface area contributed by atoms with Gasteiger partial charge in [0.15, 0.2) is 0 Å². The summed E-state index contributed by atoms with van der Waals surface area (Å²) in [6, 6.07) is 10.2. The zero-order chi connectivity index (χ0) is 14.1. The number of hydrogen-bond donors (Lipinski definition) is 1. The summed E-state index contributed by atoms with van der Waals surface area (Å²) < 4.78 is 0. The van der Waals surface area contributed by atoms with Gasteiger partial charge >= 0.3 is 0 Å². The number of anilines is 1. The molecule has 0 aromatic heterocycles. The Hall–Kier alpha value is -1.55. The van der Waals surface area contributed by atoms with Gasteiger partial charge in [-0.3, -0.25) is 4.79 Å². The summed E-state index contributed by atoms with van der Waals surface area (Å²) in [5.74, 6) is 0.122. The highest BCUT2D eigenvalue weighted by Crippen LogP contribution is 2.12. The van der Waals surface area contributed by atoms with Crippen LogP contribution in [0.15, 0.2) is 30.3 Å². The first-order chi connectivity index (χ1) is 9.13. The van der Waals surface area contributed by atoms with Crippen molar-refractivity contribution < 1.29 is 4.79 Å². The van der Waals surface area contributed by atoms with Gasteiger partial charge in [0.2, 0.25) is 5.91 Å². The van der Waals surface area contributed by atoms with E-state index in [0.29, 0.717) is 13.0 Å². The number of amides is 1. The van der Waals surface area contributed by atoms with Gasteiger partial charge in [0.05, 0.1) is 0 Å². The molecule has 0 bridgehead atoms. The quantitative estimate of drug-likeness (QED) is 0.773. The maximum Gasteiger partial charge on any atom is 0.221 e. The lowest BCUT2D eigenvalue weighted by molar-refractivity contribution is -0.120.